The van der Waals surface area contributed by atoms with Crippen LogP contribution in [-0.4, -0.2) is 14.3 Å². The first-order valence-electron chi connectivity index (χ1n) is 6.01. The molecule has 0 saturated carbocycles. The molecule has 0 radical (unpaired) electrons. The molecule has 2 aromatic rings. The van der Waals surface area contributed by atoms with Crippen LogP contribution in [0.5, 0.6) is 0 Å². The van der Waals surface area contributed by atoms with Crippen molar-refractivity contribution in [2.75, 3.05) is 5.32 Å². The van der Waals surface area contributed by atoms with Gasteiger partial charge in [-0.15, -0.1) is 0 Å². The Balaban J connectivity index is 2.23. The predicted octanol–water partition coefficient (Wildman–Crippen LogP) is 4.24. The lowest BCUT2D eigenvalue weighted by atomic mass is 10.2. The van der Waals surface area contributed by atoms with Gasteiger partial charge in [-0.2, -0.15) is 0 Å². The normalized spacial score (nSPS) is 10.7. The molecule has 0 aliphatic heterocycles. The Kier molecular flexibility index (Phi) is 5.12. The van der Waals surface area contributed by atoms with Crippen molar-refractivity contribution in [1.29, 1.82) is 0 Å². The summed E-state index contributed by atoms with van der Waals surface area (Å²) >= 11 is 11.8. The van der Waals surface area contributed by atoms with Gasteiger partial charge in [-0.3, -0.25) is 4.79 Å². The highest BCUT2D eigenvalue weighted by Gasteiger charge is 2.14. The van der Waals surface area contributed by atoms with Gasteiger partial charge in [0, 0.05) is 20.1 Å². The zero-order chi connectivity index (χ0) is 17.0. The first-order valence-corrected chi connectivity index (χ1v) is 8.21. The molecule has 118 valence electrons. The van der Waals surface area contributed by atoms with Crippen molar-refractivity contribution in [3.63, 3.8) is 0 Å². The highest BCUT2D eigenvalue weighted by molar-refractivity contribution is 7.90. The molecule has 10 heteroatoms. The quantitative estimate of drug-likeness (QED) is 0.493. The molecule has 0 fully saturated rings. The van der Waals surface area contributed by atoms with E-state index < -0.39 is 15.9 Å². The second-order valence-electron chi connectivity index (χ2n) is 4.25. The maximum atomic E-state index is 12.1. The largest absolute Gasteiger partial charge is 0.322 e. The van der Waals surface area contributed by atoms with E-state index >= 15 is 0 Å². The standard InChI is InChI=1S/C13H8Cl2N4O3S/c14-8-1-6-12(15)11(7-8)13(20)17-9-2-4-10(5-3-9)23(21,22)19-18-16/h1-7H,(H,17,20). The maximum Gasteiger partial charge on any atom is 0.264 e. The van der Waals surface area contributed by atoms with Crippen molar-refractivity contribution in [2.45, 2.75) is 4.90 Å². The molecule has 0 spiro atoms. The van der Waals surface area contributed by atoms with Crippen LogP contribution in [0, 0.1) is 0 Å². The first-order chi connectivity index (χ1) is 10.8. The van der Waals surface area contributed by atoms with E-state index in [-0.39, 0.29) is 15.5 Å². The molecule has 0 atom stereocenters. The minimum atomic E-state index is -4.06. The maximum absolute atomic E-state index is 12.1. The molecule has 2 rings (SSSR count). The number of carbonyl (C=O) groups is 1. The third kappa shape index (κ3) is 4.14. The average Bonchev–Trinajstić information content (AvgIpc) is 2.50. The highest BCUT2D eigenvalue weighted by atomic mass is 35.5. The molecular formula is C13H8Cl2N4O3S. The van der Waals surface area contributed by atoms with Crippen molar-refractivity contribution < 1.29 is 13.2 Å². The number of hydrogen-bond donors (Lipinski definition) is 1. The van der Waals surface area contributed by atoms with E-state index in [4.69, 9.17) is 28.7 Å². The van der Waals surface area contributed by atoms with Gasteiger partial charge >= 0.3 is 0 Å². The molecule has 0 unspecified atom stereocenters. The van der Waals surface area contributed by atoms with Crippen LogP contribution in [0.4, 0.5) is 5.69 Å². The third-order valence-electron chi connectivity index (χ3n) is 2.73. The summed E-state index contributed by atoms with van der Waals surface area (Å²) < 4.78 is 25.8. The number of sulfonamides is 1. The van der Waals surface area contributed by atoms with Gasteiger partial charge in [-0.1, -0.05) is 23.2 Å². The summed E-state index contributed by atoms with van der Waals surface area (Å²) in [6.07, 6.45) is 0. The van der Waals surface area contributed by atoms with Gasteiger partial charge in [-0.05, 0) is 48.0 Å². The van der Waals surface area contributed by atoms with Crippen LogP contribution in [0.2, 0.25) is 10.0 Å². The second-order valence-corrected chi connectivity index (χ2v) is 6.68. The number of hydrogen-bond acceptors (Lipinski definition) is 3. The fraction of sp³-hybridized carbons (Fsp3) is 0. The van der Waals surface area contributed by atoms with Gasteiger partial charge in [-0.25, -0.2) is 8.42 Å². The van der Waals surface area contributed by atoms with Crippen molar-refractivity contribution >= 4 is 44.8 Å². The summed E-state index contributed by atoms with van der Waals surface area (Å²) in [5.41, 5.74) is 8.73. The molecular weight excluding hydrogens is 363 g/mol. The smallest absolute Gasteiger partial charge is 0.264 e. The van der Waals surface area contributed by atoms with Gasteiger partial charge in [0.15, 0.2) is 0 Å². The molecule has 1 amide bonds. The zero-order valence-electron chi connectivity index (χ0n) is 11.3. The Hall–Kier alpha value is -2.25. The monoisotopic (exact) mass is 370 g/mol. The van der Waals surface area contributed by atoms with Gasteiger partial charge < -0.3 is 5.32 Å². The lowest BCUT2D eigenvalue weighted by Crippen LogP contribution is -2.12. The van der Waals surface area contributed by atoms with Gasteiger partial charge in [0.2, 0.25) is 0 Å². The molecule has 2 aromatic carbocycles. The van der Waals surface area contributed by atoms with Crippen LogP contribution in [-0.2, 0) is 10.0 Å². The van der Waals surface area contributed by atoms with Crippen LogP contribution < -0.4 is 5.32 Å². The number of rotatable bonds is 4. The Labute approximate surface area is 141 Å². The van der Waals surface area contributed by atoms with E-state index in [1.807, 2.05) is 0 Å². The number of amides is 1. The molecule has 1 N–H and O–H groups in total. The summed E-state index contributed by atoms with van der Waals surface area (Å²) in [6.45, 7) is 0. The molecule has 0 saturated heterocycles. The third-order valence-corrected chi connectivity index (χ3v) is 4.45. The SMILES string of the molecule is [N-]=[N+]=NS(=O)(=O)c1ccc(NC(=O)c2cc(Cl)ccc2Cl)cc1. The van der Waals surface area contributed by atoms with Crippen molar-refractivity contribution in [3.05, 3.63) is 68.5 Å². The van der Waals surface area contributed by atoms with Crippen LogP contribution in [0.3, 0.4) is 0 Å². The summed E-state index contributed by atoms with van der Waals surface area (Å²) in [4.78, 5) is 14.2. The number of azide groups is 1. The van der Waals surface area contributed by atoms with Crippen LogP contribution in [0.15, 0.2) is 51.9 Å². The van der Waals surface area contributed by atoms with Crippen LogP contribution in [0.1, 0.15) is 10.4 Å². The summed E-state index contributed by atoms with van der Waals surface area (Å²) in [5.74, 6) is -0.497. The minimum Gasteiger partial charge on any atom is -0.322 e. The lowest BCUT2D eigenvalue weighted by Gasteiger charge is -2.07. The number of anilines is 1. The molecule has 0 aliphatic carbocycles. The topological polar surface area (TPSA) is 112 Å². The Morgan fingerprint density at radius 2 is 1.78 bits per heavy atom. The van der Waals surface area contributed by atoms with E-state index in [1.165, 1.54) is 36.4 Å². The minimum absolute atomic E-state index is 0.185. The molecule has 0 bridgehead atoms. The molecule has 0 heterocycles. The second kappa shape index (κ2) is 6.89. The highest BCUT2D eigenvalue weighted by Crippen LogP contribution is 2.22. The fourth-order valence-electron chi connectivity index (χ4n) is 1.68. The predicted molar refractivity (Wildman–Crippen MR) is 87.2 cm³/mol. The van der Waals surface area contributed by atoms with Gasteiger partial charge in [0.25, 0.3) is 15.9 Å². The first kappa shape index (κ1) is 17.1. The fourth-order valence-corrected chi connectivity index (χ4v) is 2.72. The van der Waals surface area contributed by atoms with E-state index in [0.29, 0.717) is 10.7 Å². The lowest BCUT2D eigenvalue weighted by molar-refractivity contribution is 0.102. The molecule has 0 aliphatic rings. The number of benzene rings is 2. The number of nitrogens with zero attached hydrogens (tertiary/aromatic N) is 3. The van der Waals surface area contributed by atoms with Gasteiger partial charge in [0.1, 0.15) is 0 Å². The number of nitrogens with one attached hydrogen (secondary N) is 1. The van der Waals surface area contributed by atoms with E-state index in [2.05, 4.69) is 14.7 Å². The molecule has 23 heavy (non-hydrogen) atoms. The summed E-state index contributed by atoms with van der Waals surface area (Å²) in [5, 5.41) is 3.14. The summed E-state index contributed by atoms with van der Waals surface area (Å²) in [6, 6.07) is 9.59. The van der Waals surface area contributed by atoms with Crippen molar-refractivity contribution in [2.24, 2.45) is 4.52 Å². The Morgan fingerprint density at radius 1 is 1.13 bits per heavy atom. The van der Waals surface area contributed by atoms with Crippen molar-refractivity contribution in [3.8, 4) is 0 Å². The Bertz CT molecular complexity index is 907. The summed E-state index contributed by atoms with van der Waals surface area (Å²) in [7, 11) is -4.06. The van der Waals surface area contributed by atoms with E-state index in [9.17, 15) is 13.2 Å². The van der Waals surface area contributed by atoms with Gasteiger partial charge in [0.05, 0.1) is 15.5 Å². The molecule has 7 nitrogen and oxygen atoms in total. The number of carbonyl (C=O) groups excluding carboxylic acids is 1. The zero-order valence-corrected chi connectivity index (χ0v) is 13.6. The van der Waals surface area contributed by atoms with E-state index in [1.54, 1.807) is 6.07 Å². The van der Waals surface area contributed by atoms with E-state index in [0.717, 1.165) is 0 Å². The number of halogens is 2. The van der Waals surface area contributed by atoms with Crippen molar-refractivity contribution in [1.82, 2.24) is 0 Å². The molecule has 0 aromatic heterocycles. The Morgan fingerprint density at radius 3 is 2.39 bits per heavy atom. The average molecular weight is 371 g/mol. The van der Waals surface area contributed by atoms with Crippen LogP contribution in [0.25, 0.3) is 10.4 Å². The van der Waals surface area contributed by atoms with Crippen LogP contribution >= 0.6 is 23.2 Å².